The van der Waals surface area contributed by atoms with E-state index < -0.39 is 0 Å². The van der Waals surface area contributed by atoms with Crippen molar-refractivity contribution in [2.75, 3.05) is 0 Å². The van der Waals surface area contributed by atoms with Gasteiger partial charge in [-0.3, -0.25) is 4.79 Å². The maximum absolute atomic E-state index is 14.4. The molecule has 2 aliphatic rings. The lowest BCUT2D eigenvalue weighted by molar-refractivity contribution is -0.118. The molecule has 2 aliphatic carbocycles. The molecule has 0 atom stereocenters. The lowest BCUT2D eigenvalue weighted by atomic mass is 9.76. The molecule has 2 aromatic rings. The Hall–Kier alpha value is -2.23. The normalized spacial score (nSPS) is 22.1. The van der Waals surface area contributed by atoms with Crippen LogP contribution >= 0.6 is 0 Å². The van der Waals surface area contributed by atoms with E-state index in [1.807, 2.05) is 50.6 Å². The van der Waals surface area contributed by atoms with E-state index in [1.165, 1.54) is 18.4 Å². The molecule has 0 spiro atoms. The van der Waals surface area contributed by atoms with Crippen molar-refractivity contribution in [3.05, 3.63) is 58.9 Å². The van der Waals surface area contributed by atoms with Crippen molar-refractivity contribution in [2.45, 2.75) is 79.1 Å². The Morgan fingerprint density at radius 3 is 2.20 bits per heavy atom. The van der Waals surface area contributed by atoms with Gasteiger partial charge in [-0.2, -0.15) is 0 Å². The van der Waals surface area contributed by atoms with Crippen LogP contribution in [0.3, 0.4) is 0 Å². The molecule has 0 N–H and O–H groups in total. The van der Waals surface area contributed by atoms with E-state index in [0.717, 1.165) is 48.2 Å². The van der Waals surface area contributed by atoms with Crippen molar-refractivity contribution in [2.24, 2.45) is 11.8 Å². The summed E-state index contributed by atoms with van der Waals surface area (Å²) in [5.74, 6) is 0.924. The third-order valence-corrected chi connectivity index (χ3v) is 6.55. The van der Waals surface area contributed by atoms with Gasteiger partial charge in [0.05, 0.1) is 12.0 Å². The number of aryl methyl sites for hydroxylation is 2. The molecule has 0 aliphatic heterocycles. The van der Waals surface area contributed by atoms with Crippen molar-refractivity contribution < 1.29 is 9.18 Å². The number of carbonyl (C=O) groups excluding carboxylic acids is 1. The van der Waals surface area contributed by atoms with E-state index in [1.54, 1.807) is 12.4 Å². The zero-order valence-corrected chi connectivity index (χ0v) is 19.0. The monoisotopic (exact) mass is 410 g/mol. The maximum atomic E-state index is 14.4. The first-order chi connectivity index (χ1) is 14.5. The molecule has 0 radical (unpaired) electrons. The van der Waals surface area contributed by atoms with E-state index in [2.05, 4.69) is 11.9 Å². The van der Waals surface area contributed by atoms with Crippen LogP contribution in [0.5, 0.6) is 0 Å². The molecule has 2 saturated carbocycles. The molecular weight excluding hydrogens is 375 g/mol. The van der Waals surface area contributed by atoms with Crippen molar-refractivity contribution in [1.29, 1.82) is 0 Å². The number of ketones is 1. The second kappa shape index (κ2) is 9.72. The smallest absolute Gasteiger partial charge is 0.182 e. The largest absolute Gasteiger partial charge is 0.300 e. The van der Waals surface area contributed by atoms with Gasteiger partial charge >= 0.3 is 0 Å². The number of hydrogen-bond donors (Lipinski definition) is 0. The minimum absolute atomic E-state index is 0.0234. The summed E-state index contributed by atoms with van der Waals surface area (Å²) in [7, 11) is 0. The third-order valence-electron chi connectivity index (χ3n) is 6.55. The molecule has 4 heteroatoms. The van der Waals surface area contributed by atoms with E-state index in [9.17, 15) is 9.18 Å². The van der Waals surface area contributed by atoms with Crippen LogP contribution in [-0.2, 0) is 4.79 Å². The topological polar surface area (TPSA) is 34.9 Å². The number of allylic oxidation sites excluding steroid dienone is 2. The fraction of sp³-hybridized carbons (Fsp3) is 0.538. The summed E-state index contributed by atoms with van der Waals surface area (Å²) in [6.45, 7) is 10.0. The first-order valence-electron chi connectivity index (χ1n) is 11.5. The van der Waals surface area contributed by atoms with Gasteiger partial charge in [0, 0.05) is 17.8 Å². The van der Waals surface area contributed by atoms with Crippen molar-refractivity contribution in [3.63, 3.8) is 0 Å². The average molecular weight is 411 g/mol. The third kappa shape index (κ3) is 4.74. The zero-order chi connectivity index (χ0) is 21.8. The maximum Gasteiger partial charge on any atom is 0.182 e. The number of benzene rings is 1. The number of carbonyl (C=O) groups is 1. The van der Waals surface area contributed by atoms with Crippen LogP contribution in [0, 0.1) is 31.5 Å². The highest BCUT2D eigenvalue weighted by Gasteiger charge is 2.34. The van der Waals surface area contributed by atoms with Gasteiger partial charge in [-0.1, -0.05) is 26.0 Å². The van der Waals surface area contributed by atoms with Crippen LogP contribution in [0.1, 0.15) is 82.0 Å². The average Bonchev–Trinajstić information content (AvgIpc) is 3.52. The van der Waals surface area contributed by atoms with Crippen LogP contribution in [0.2, 0.25) is 0 Å². The first kappa shape index (κ1) is 22.5. The van der Waals surface area contributed by atoms with Gasteiger partial charge in [-0.05, 0) is 93.9 Å². The molecule has 162 valence electrons. The molecule has 1 aromatic carbocycles. The highest BCUT2D eigenvalue weighted by molar-refractivity contribution is 6.17. The summed E-state index contributed by atoms with van der Waals surface area (Å²) in [5, 5.41) is 0. The highest BCUT2D eigenvalue weighted by atomic mass is 19.1. The molecule has 0 amide bonds. The van der Waals surface area contributed by atoms with Crippen LogP contribution in [-0.4, -0.2) is 15.3 Å². The van der Waals surface area contributed by atoms with Gasteiger partial charge in [-0.25, -0.2) is 9.37 Å². The Balaban J connectivity index is 0.00000124. The van der Waals surface area contributed by atoms with E-state index in [0.29, 0.717) is 5.92 Å². The molecule has 0 saturated heterocycles. The number of halogens is 1. The predicted molar refractivity (Wildman–Crippen MR) is 121 cm³/mol. The Bertz CT molecular complexity index is 915. The second-order valence-electron chi connectivity index (χ2n) is 8.65. The number of nitrogens with zero attached hydrogens (tertiary/aromatic N) is 2. The quantitative estimate of drug-likeness (QED) is 0.505. The first-order valence-corrected chi connectivity index (χ1v) is 11.5. The number of aromatic nitrogens is 2. The Morgan fingerprint density at radius 2 is 1.67 bits per heavy atom. The second-order valence-corrected chi connectivity index (χ2v) is 8.65. The van der Waals surface area contributed by atoms with Gasteiger partial charge in [0.15, 0.2) is 5.78 Å². The molecule has 4 rings (SSSR count). The van der Waals surface area contributed by atoms with Crippen LogP contribution in [0.4, 0.5) is 4.39 Å². The molecular formula is C26H35FN2O. The summed E-state index contributed by atoms with van der Waals surface area (Å²) in [6.07, 6.45) is 9.32. The number of rotatable bonds is 5. The van der Waals surface area contributed by atoms with Crippen molar-refractivity contribution >= 4 is 11.5 Å². The molecule has 30 heavy (non-hydrogen) atoms. The molecule has 3 nitrogen and oxygen atoms in total. The standard InChI is InChI=1S/C24H29FN2O.C2H6/c1-15-4-11-21(22(25)12-15)19-7-9-20(10-8-19)24(28)23(17(3)18-5-6-18)27-14-26-13-16(27)2;1-2/h4,11-14,18-20H,5-10H2,1-3H3;1-2H3/b23-17+;. The van der Waals surface area contributed by atoms with E-state index >= 15 is 0 Å². The zero-order valence-electron chi connectivity index (χ0n) is 19.0. The van der Waals surface area contributed by atoms with E-state index in [4.69, 9.17) is 0 Å². The summed E-state index contributed by atoms with van der Waals surface area (Å²) in [5.41, 5.74) is 4.80. The molecule has 1 heterocycles. The van der Waals surface area contributed by atoms with Gasteiger partial charge in [0.25, 0.3) is 0 Å². The Morgan fingerprint density at radius 1 is 1.03 bits per heavy atom. The molecule has 0 bridgehead atoms. The summed E-state index contributed by atoms with van der Waals surface area (Å²) in [6, 6.07) is 5.53. The van der Waals surface area contributed by atoms with E-state index in [-0.39, 0.29) is 23.4 Å². The Labute approximate surface area is 180 Å². The lowest BCUT2D eigenvalue weighted by Gasteiger charge is -2.29. The van der Waals surface area contributed by atoms with Crippen molar-refractivity contribution in [3.8, 4) is 0 Å². The van der Waals surface area contributed by atoms with Crippen LogP contribution in [0.25, 0.3) is 5.70 Å². The van der Waals surface area contributed by atoms with Crippen molar-refractivity contribution in [1.82, 2.24) is 9.55 Å². The summed E-state index contributed by atoms with van der Waals surface area (Å²) < 4.78 is 16.3. The fourth-order valence-electron chi connectivity index (χ4n) is 4.63. The molecule has 2 fully saturated rings. The summed E-state index contributed by atoms with van der Waals surface area (Å²) in [4.78, 5) is 17.7. The van der Waals surface area contributed by atoms with Gasteiger partial charge < -0.3 is 4.57 Å². The molecule has 1 aromatic heterocycles. The molecule has 0 unspecified atom stereocenters. The van der Waals surface area contributed by atoms with Crippen LogP contribution < -0.4 is 0 Å². The van der Waals surface area contributed by atoms with Crippen LogP contribution in [0.15, 0.2) is 36.3 Å². The Kier molecular flexibility index (Phi) is 7.27. The highest BCUT2D eigenvalue weighted by Crippen LogP contribution is 2.42. The van der Waals surface area contributed by atoms with Gasteiger partial charge in [-0.15, -0.1) is 0 Å². The lowest BCUT2D eigenvalue weighted by Crippen LogP contribution is -2.25. The number of Topliss-reactive ketones (excluding diaryl/α,β-unsaturated/α-hetero) is 1. The SMILES string of the molecule is C/C(=C(/C(=O)C1CCC(c2ccc(C)cc2F)CC1)n1cncc1C)C1CC1.CC. The number of imidazole rings is 1. The number of hydrogen-bond acceptors (Lipinski definition) is 2. The predicted octanol–water partition coefficient (Wildman–Crippen LogP) is 6.85. The van der Waals surface area contributed by atoms with Gasteiger partial charge in [0.1, 0.15) is 5.82 Å². The fourth-order valence-corrected chi connectivity index (χ4v) is 4.63. The summed E-state index contributed by atoms with van der Waals surface area (Å²) >= 11 is 0. The minimum Gasteiger partial charge on any atom is -0.300 e. The minimum atomic E-state index is -0.103. The van der Waals surface area contributed by atoms with Gasteiger partial charge in [0.2, 0.25) is 0 Å².